The van der Waals surface area contributed by atoms with Gasteiger partial charge in [0.2, 0.25) is 0 Å². The van der Waals surface area contributed by atoms with Crippen LogP contribution in [0.2, 0.25) is 0 Å². The highest BCUT2D eigenvalue weighted by Crippen LogP contribution is 2.36. The van der Waals surface area contributed by atoms with Crippen LogP contribution in [-0.2, 0) is 13.0 Å². The van der Waals surface area contributed by atoms with E-state index < -0.39 is 0 Å². The summed E-state index contributed by atoms with van der Waals surface area (Å²) < 4.78 is 0. The normalized spacial score (nSPS) is 17.3. The molecule has 1 heterocycles. The predicted molar refractivity (Wildman–Crippen MR) is 78.8 cm³/mol. The number of aryl methyl sites for hydroxylation is 1. The molecule has 0 bridgehead atoms. The fourth-order valence-corrected chi connectivity index (χ4v) is 3.11. The summed E-state index contributed by atoms with van der Waals surface area (Å²) in [5.41, 5.74) is 2.47. The van der Waals surface area contributed by atoms with Crippen LogP contribution in [0.3, 0.4) is 0 Å². The summed E-state index contributed by atoms with van der Waals surface area (Å²) >= 11 is 0. The highest BCUT2D eigenvalue weighted by Gasteiger charge is 2.27. The van der Waals surface area contributed by atoms with Crippen LogP contribution in [0.4, 0.5) is 0 Å². The average molecular weight is 288 g/mol. The van der Waals surface area contributed by atoms with E-state index in [-0.39, 0.29) is 12.3 Å². The van der Waals surface area contributed by atoms with Crippen molar-refractivity contribution in [2.75, 3.05) is 13.2 Å². The molecule has 1 aromatic carbocycles. The van der Waals surface area contributed by atoms with Gasteiger partial charge in [0, 0.05) is 19.2 Å². The van der Waals surface area contributed by atoms with Crippen LogP contribution in [0.5, 0.6) is 0 Å². The largest absolute Gasteiger partial charge is 0.396 e. The van der Waals surface area contributed by atoms with E-state index >= 15 is 0 Å². The van der Waals surface area contributed by atoms with Gasteiger partial charge in [-0.25, -0.2) is 9.89 Å². The van der Waals surface area contributed by atoms with Gasteiger partial charge in [-0.1, -0.05) is 24.3 Å². The topological polar surface area (TPSA) is 85.0 Å². The molecule has 21 heavy (non-hydrogen) atoms. The Morgan fingerprint density at radius 2 is 2.24 bits per heavy atom. The van der Waals surface area contributed by atoms with Crippen molar-refractivity contribution in [2.24, 2.45) is 0 Å². The van der Waals surface area contributed by atoms with Crippen LogP contribution in [0, 0.1) is 0 Å². The van der Waals surface area contributed by atoms with Crippen LogP contribution >= 0.6 is 0 Å². The quantitative estimate of drug-likeness (QED) is 0.739. The molecule has 1 aromatic heterocycles. The molecule has 0 amide bonds. The first-order valence-corrected chi connectivity index (χ1v) is 7.34. The van der Waals surface area contributed by atoms with Gasteiger partial charge in [0.25, 0.3) is 0 Å². The standard InChI is InChI=1S/C15H20N4O2/c20-9-3-8-19(10-14-16-15(21)18-17-14)13-7-6-11-4-1-2-5-12(11)13/h1-2,4-5,13,20H,3,6-10H2,(H2,16,17,18,21). The summed E-state index contributed by atoms with van der Waals surface area (Å²) in [6.07, 6.45) is 2.86. The molecule has 0 saturated carbocycles. The summed E-state index contributed by atoms with van der Waals surface area (Å²) in [4.78, 5) is 16.2. The molecule has 1 aliphatic rings. The zero-order valence-electron chi connectivity index (χ0n) is 11.9. The highest BCUT2D eigenvalue weighted by atomic mass is 16.3. The van der Waals surface area contributed by atoms with E-state index in [4.69, 9.17) is 5.11 Å². The second kappa shape index (κ2) is 6.24. The van der Waals surface area contributed by atoms with Crippen LogP contribution in [0.1, 0.15) is 35.8 Å². The van der Waals surface area contributed by atoms with Gasteiger partial charge in [0.1, 0.15) is 5.82 Å². The molecule has 6 nitrogen and oxygen atoms in total. The summed E-state index contributed by atoms with van der Waals surface area (Å²) in [5.74, 6) is 0.641. The molecule has 0 saturated heterocycles. The lowest BCUT2D eigenvalue weighted by Crippen LogP contribution is -2.29. The van der Waals surface area contributed by atoms with E-state index in [2.05, 4.69) is 44.3 Å². The Kier molecular flexibility index (Phi) is 4.17. The third kappa shape index (κ3) is 3.06. The number of aliphatic hydroxyl groups is 1. The number of rotatable bonds is 6. The first kappa shape index (κ1) is 14.0. The van der Waals surface area contributed by atoms with Crippen molar-refractivity contribution in [3.05, 3.63) is 51.7 Å². The number of H-pyrrole nitrogens is 2. The van der Waals surface area contributed by atoms with Gasteiger partial charge in [-0.05, 0) is 30.4 Å². The van der Waals surface area contributed by atoms with Crippen LogP contribution in [0.25, 0.3) is 0 Å². The van der Waals surface area contributed by atoms with Crippen molar-refractivity contribution in [2.45, 2.75) is 31.8 Å². The maximum atomic E-state index is 11.2. The minimum atomic E-state index is -0.279. The number of hydrogen-bond acceptors (Lipinski definition) is 4. The zero-order chi connectivity index (χ0) is 14.7. The van der Waals surface area contributed by atoms with E-state index in [1.165, 1.54) is 11.1 Å². The number of aromatic nitrogens is 3. The lowest BCUT2D eigenvalue weighted by molar-refractivity contribution is 0.162. The molecule has 112 valence electrons. The lowest BCUT2D eigenvalue weighted by Gasteiger charge is -2.28. The van der Waals surface area contributed by atoms with Crippen molar-refractivity contribution in [1.82, 2.24) is 20.1 Å². The molecule has 0 fully saturated rings. The Balaban J connectivity index is 1.81. The third-order valence-electron chi connectivity index (χ3n) is 4.05. The first-order chi connectivity index (χ1) is 10.3. The lowest BCUT2D eigenvalue weighted by atomic mass is 10.1. The number of aliphatic hydroxyl groups excluding tert-OH is 1. The van der Waals surface area contributed by atoms with E-state index in [9.17, 15) is 4.79 Å². The fourth-order valence-electron chi connectivity index (χ4n) is 3.11. The molecule has 0 spiro atoms. The molecular formula is C15H20N4O2. The third-order valence-corrected chi connectivity index (χ3v) is 4.05. The Labute approximate surface area is 122 Å². The molecule has 1 atom stereocenters. The van der Waals surface area contributed by atoms with Crippen molar-refractivity contribution in [1.29, 1.82) is 0 Å². The van der Waals surface area contributed by atoms with Gasteiger partial charge >= 0.3 is 5.69 Å². The summed E-state index contributed by atoms with van der Waals surface area (Å²) in [6, 6.07) is 8.82. The van der Waals surface area contributed by atoms with Crippen LogP contribution in [0.15, 0.2) is 29.1 Å². The Bertz CT molecular complexity index is 649. The number of hydrogen-bond donors (Lipinski definition) is 3. The number of aromatic amines is 2. The average Bonchev–Trinajstić information content (AvgIpc) is 3.09. The molecule has 3 N–H and O–H groups in total. The summed E-state index contributed by atoms with van der Waals surface area (Å²) in [7, 11) is 0. The smallest absolute Gasteiger partial charge is 0.340 e. The second-order valence-electron chi connectivity index (χ2n) is 5.43. The SMILES string of the molecule is O=c1[nH]nc(CN(CCCO)C2CCc3ccccc32)[nH]1. The molecule has 6 heteroatoms. The molecule has 3 rings (SSSR count). The van der Waals surface area contributed by atoms with E-state index in [0.717, 1.165) is 19.4 Å². The number of benzene rings is 1. The Morgan fingerprint density at radius 1 is 1.38 bits per heavy atom. The minimum Gasteiger partial charge on any atom is -0.396 e. The maximum Gasteiger partial charge on any atom is 0.340 e. The van der Waals surface area contributed by atoms with Crippen molar-refractivity contribution in [3.63, 3.8) is 0 Å². The monoisotopic (exact) mass is 288 g/mol. The van der Waals surface area contributed by atoms with Crippen molar-refractivity contribution >= 4 is 0 Å². The van der Waals surface area contributed by atoms with Gasteiger partial charge in [0.15, 0.2) is 0 Å². The van der Waals surface area contributed by atoms with Gasteiger partial charge < -0.3 is 5.11 Å². The van der Waals surface area contributed by atoms with Gasteiger partial charge in [-0.2, -0.15) is 5.10 Å². The molecule has 0 aliphatic heterocycles. The number of nitrogens with one attached hydrogen (secondary N) is 2. The molecule has 2 aromatic rings. The molecular weight excluding hydrogens is 268 g/mol. The predicted octanol–water partition coefficient (Wildman–Crippen LogP) is 0.970. The molecule has 1 unspecified atom stereocenters. The molecule has 1 aliphatic carbocycles. The number of nitrogens with zero attached hydrogens (tertiary/aromatic N) is 2. The number of fused-ring (bicyclic) bond motifs is 1. The first-order valence-electron chi connectivity index (χ1n) is 7.34. The van der Waals surface area contributed by atoms with E-state index in [1.807, 2.05) is 0 Å². The van der Waals surface area contributed by atoms with Gasteiger partial charge in [-0.3, -0.25) is 9.88 Å². The summed E-state index contributed by atoms with van der Waals surface area (Å²) in [6.45, 7) is 1.53. The van der Waals surface area contributed by atoms with Crippen LogP contribution < -0.4 is 5.69 Å². The second-order valence-corrected chi connectivity index (χ2v) is 5.43. The zero-order valence-corrected chi connectivity index (χ0v) is 11.9. The molecule has 0 radical (unpaired) electrons. The Morgan fingerprint density at radius 3 is 3.00 bits per heavy atom. The van der Waals surface area contributed by atoms with E-state index in [0.29, 0.717) is 24.8 Å². The van der Waals surface area contributed by atoms with E-state index in [1.54, 1.807) is 0 Å². The van der Waals surface area contributed by atoms with Crippen molar-refractivity contribution in [3.8, 4) is 0 Å². The highest BCUT2D eigenvalue weighted by molar-refractivity contribution is 5.34. The fraction of sp³-hybridized carbons (Fsp3) is 0.467. The maximum absolute atomic E-state index is 11.2. The van der Waals surface area contributed by atoms with Crippen molar-refractivity contribution < 1.29 is 5.11 Å². The van der Waals surface area contributed by atoms with Crippen LogP contribution in [-0.4, -0.2) is 38.3 Å². The van der Waals surface area contributed by atoms with Gasteiger partial charge in [0.05, 0.1) is 6.54 Å². The van der Waals surface area contributed by atoms with Gasteiger partial charge in [-0.15, -0.1) is 0 Å². The summed E-state index contributed by atoms with van der Waals surface area (Å²) in [5, 5.41) is 15.5. The Hall–Kier alpha value is -1.92. The minimum absolute atomic E-state index is 0.169.